The number of halogens is 3. The molecule has 1 fully saturated rings. The van der Waals surface area contributed by atoms with Gasteiger partial charge in [0.15, 0.2) is 10.9 Å². The third-order valence-corrected chi connectivity index (χ3v) is 4.62. The highest BCUT2D eigenvalue weighted by molar-refractivity contribution is 7.80. The Hall–Kier alpha value is -2.65. The summed E-state index contributed by atoms with van der Waals surface area (Å²) in [6, 6.07) is 11.4. The molecule has 142 valence electrons. The Morgan fingerprint density at radius 3 is 2.22 bits per heavy atom. The Balaban J connectivity index is 2.15. The van der Waals surface area contributed by atoms with Gasteiger partial charge in [0, 0.05) is 5.56 Å². The summed E-state index contributed by atoms with van der Waals surface area (Å²) in [7, 11) is 0. The topological polar surface area (TPSA) is 81.6 Å². The molecule has 5 nitrogen and oxygen atoms in total. The lowest BCUT2D eigenvalue weighted by Gasteiger charge is -2.46. The fourth-order valence-electron chi connectivity index (χ4n) is 3.08. The SMILES string of the molecule is O=C(c1ccccc1)[C@H]1[C@@H](c2ccc(O)cc2)NC(=S)N[C@@]1(O)C(F)(F)F. The average molecular weight is 396 g/mol. The summed E-state index contributed by atoms with van der Waals surface area (Å²) in [5.74, 6) is -2.96. The smallest absolute Gasteiger partial charge is 0.437 e. The van der Waals surface area contributed by atoms with Crippen LogP contribution in [0.3, 0.4) is 0 Å². The third kappa shape index (κ3) is 3.47. The molecule has 0 saturated carbocycles. The summed E-state index contributed by atoms with van der Waals surface area (Å²) >= 11 is 4.84. The van der Waals surface area contributed by atoms with Crippen LogP contribution in [0.1, 0.15) is 22.0 Å². The minimum Gasteiger partial charge on any atom is -0.508 e. The molecule has 0 unspecified atom stereocenters. The van der Waals surface area contributed by atoms with Gasteiger partial charge in [-0.2, -0.15) is 13.2 Å². The molecule has 2 aromatic carbocycles. The number of Topliss-reactive ketones (excluding diaryl/α,β-unsaturated/α-hetero) is 1. The van der Waals surface area contributed by atoms with Gasteiger partial charge in [-0.1, -0.05) is 42.5 Å². The number of thiocarbonyl (C=S) groups is 1. The van der Waals surface area contributed by atoms with E-state index in [4.69, 9.17) is 12.2 Å². The third-order valence-electron chi connectivity index (χ3n) is 4.40. The standard InChI is InChI=1S/C18H15F3N2O3S/c19-18(20,21)17(26)13(15(25)11-4-2-1-3-5-11)14(22-16(27)23-17)10-6-8-12(24)9-7-10/h1-9,13-14,24,26H,(H2,22,23,27)/t13-,14-,17+/m1/s1. The number of hydrogen-bond acceptors (Lipinski definition) is 4. The van der Waals surface area contributed by atoms with E-state index in [1.807, 2.05) is 5.32 Å². The number of rotatable bonds is 3. The molecule has 9 heteroatoms. The lowest BCUT2D eigenvalue weighted by molar-refractivity contribution is -0.285. The van der Waals surface area contributed by atoms with Crippen LogP contribution >= 0.6 is 12.2 Å². The van der Waals surface area contributed by atoms with Gasteiger partial charge >= 0.3 is 6.18 Å². The van der Waals surface area contributed by atoms with Crippen molar-refractivity contribution in [3.05, 3.63) is 65.7 Å². The zero-order valence-corrected chi connectivity index (χ0v) is 14.5. The molecule has 1 saturated heterocycles. The number of ketones is 1. The second kappa shape index (κ2) is 6.82. The summed E-state index contributed by atoms with van der Waals surface area (Å²) in [4.78, 5) is 13.0. The summed E-state index contributed by atoms with van der Waals surface area (Å²) in [5, 5.41) is 24.0. The summed E-state index contributed by atoms with van der Waals surface area (Å²) < 4.78 is 41.4. The molecule has 1 aliphatic heterocycles. The van der Waals surface area contributed by atoms with E-state index in [-0.39, 0.29) is 16.9 Å². The first-order valence-electron chi connectivity index (χ1n) is 7.89. The van der Waals surface area contributed by atoms with Gasteiger partial charge in [0.05, 0.1) is 6.04 Å². The van der Waals surface area contributed by atoms with E-state index in [2.05, 4.69) is 5.32 Å². The maximum Gasteiger partial charge on any atom is 0.437 e. The minimum atomic E-state index is -5.18. The van der Waals surface area contributed by atoms with Gasteiger partial charge in [0.2, 0.25) is 5.72 Å². The molecule has 0 bridgehead atoms. The highest BCUT2D eigenvalue weighted by Gasteiger charge is 2.65. The number of alkyl halides is 3. The van der Waals surface area contributed by atoms with Gasteiger partial charge in [0.1, 0.15) is 11.7 Å². The number of benzene rings is 2. The second-order valence-corrected chi connectivity index (χ2v) is 6.55. The van der Waals surface area contributed by atoms with Crippen LogP contribution in [0.25, 0.3) is 0 Å². The van der Waals surface area contributed by atoms with Crippen molar-refractivity contribution in [2.45, 2.75) is 17.9 Å². The van der Waals surface area contributed by atoms with Crippen LogP contribution in [0.4, 0.5) is 13.2 Å². The molecular formula is C18H15F3N2O3S. The minimum absolute atomic E-state index is 0.0189. The van der Waals surface area contributed by atoms with Crippen molar-refractivity contribution >= 4 is 23.1 Å². The Kier molecular flexibility index (Phi) is 4.83. The number of phenols is 1. The maximum atomic E-state index is 13.8. The second-order valence-electron chi connectivity index (χ2n) is 6.14. The first-order valence-corrected chi connectivity index (χ1v) is 8.30. The van der Waals surface area contributed by atoms with Gasteiger partial charge in [0.25, 0.3) is 0 Å². The average Bonchev–Trinajstić information content (AvgIpc) is 2.61. The van der Waals surface area contributed by atoms with Gasteiger partial charge in [-0.15, -0.1) is 0 Å². The first kappa shape index (κ1) is 19.1. The fraction of sp³-hybridized carbons (Fsp3) is 0.222. The van der Waals surface area contributed by atoms with Gasteiger partial charge in [-0.25, -0.2) is 0 Å². The van der Waals surface area contributed by atoms with Crippen LogP contribution in [0.5, 0.6) is 5.75 Å². The molecule has 1 aliphatic rings. The number of nitrogens with one attached hydrogen (secondary N) is 2. The van der Waals surface area contributed by atoms with E-state index >= 15 is 0 Å². The summed E-state index contributed by atoms with van der Waals surface area (Å²) in [6.45, 7) is 0. The van der Waals surface area contributed by atoms with E-state index in [1.165, 1.54) is 48.5 Å². The number of aromatic hydroxyl groups is 1. The zero-order valence-electron chi connectivity index (χ0n) is 13.7. The van der Waals surface area contributed by atoms with Crippen LogP contribution < -0.4 is 10.6 Å². The predicted octanol–water partition coefficient (Wildman–Crippen LogP) is 2.66. The van der Waals surface area contributed by atoms with Crippen molar-refractivity contribution in [2.75, 3.05) is 0 Å². The highest BCUT2D eigenvalue weighted by Crippen LogP contribution is 2.44. The van der Waals surface area contributed by atoms with Gasteiger partial charge < -0.3 is 20.8 Å². The number of carbonyl (C=O) groups excluding carboxylic acids is 1. The Labute approximate surface area is 157 Å². The molecule has 0 aliphatic carbocycles. The van der Waals surface area contributed by atoms with E-state index in [0.29, 0.717) is 0 Å². The van der Waals surface area contributed by atoms with E-state index in [1.54, 1.807) is 6.07 Å². The lowest BCUT2D eigenvalue weighted by Crippen LogP contribution is -2.72. The summed E-state index contributed by atoms with van der Waals surface area (Å²) in [5.41, 5.74) is -3.29. The van der Waals surface area contributed by atoms with E-state index in [0.717, 1.165) is 0 Å². The maximum absolute atomic E-state index is 13.8. The van der Waals surface area contributed by atoms with Crippen LogP contribution in [0, 0.1) is 5.92 Å². The van der Waals surface area contributed by atoms with Crippen LogP contribution in [-0.4, -0.2) is 33.0 Å². The molecule has 0 amide bonds. The zero-order chi connectivity index (χ0) is 19.8. The lowest BCUT2D eigenvalue weighted by atomic mass is 9.77. The summed E-state index contributed by atoms with van der Waals surface area (Å²) in [6.07, 6.45) is -5.18. The van der Waals surface area contributed by atoms with Gasteiger partial charge in [-0.3, -0.25) is 4.79 Å². The Morgan fingerprint density at radius 2 is 1.67 bits per heavy atom. The van der Waals surface area contributed by atoms with Gasteiger partial charge in [-0.05, 0) is 29.9 Å². The molecule has 0 aromatic heterocycles. The van der Waals surface area contributed by atoms with E-state index < -0.39 is 34.8 Å². The quantitative estimate of drug-likeness (QED) is 0.472. The fourth-order valence-corrected chi connectivity index (χ4v) is 3.36. The molecule has 4 N–H and O–H groups in total. The molecule has 0 radical (unpaired) electrons. The first-order chi connectivity index (χ1) is 12.6. The monoisotopic (exact) mass is 396 g/mol. The predicted molar refractivity (Wildman–Crippen MR) is 95.0 cm³/mol. The number of carbonyl (C=O) groups is 1. The largest absolute Gasteiger partial charge is 0.508 e. The normalized spacial score (nSPS) is 25.4. The molecule has 2 aromatic rings. The number of phenolic OH excluding ortho intramolecular Hbond substituents is 1. The number of aliphatic hydroxyl groups is 1. The van der Waals surface area contributed by atoms with Crippen molar-refractivity contribution in [3.63, 3.8) is 0 Å². The van der Waals surface area contributed by atoms with Crippen molar-refractivity contribution in [3.8, 4) is 5.75 Å². The van der Waals surface area contributed by atoms with Crippen molar-refractivity contribution < 1.29 is 28.2 Å². The molecule has 1 heterocycles. The molecule has 3 atom stereocenters. The van der Waals surface area contributed by atoms with Crippen molar-refractivity contribution in [2.24, 2.45) is 5.92 Å². The Morgan fingerprint density at radius 1 is 1.07 bits per heavy atom. The van der Waals surface area contributed by atoms with Crippen LogP contribution in [-0.2, 0) is 0 Å². The highest BCUT2D eigenvalue weighted by atomic mass is 32.1. The number of hydrogen-bond donors (Lipinski definition) is 4. The van der Waals surface area contributed by atoms with E-state index in [9.17, 15) is 28.2 Å². The molecule has 3 rings (SSSR count). The Bertz CT molecular complexity index is 858. The van der Waals surface area contributed by atoms with Crippen molar-refractivity contribution in [1.29, 1.82) is 0 Å². The molecule has 27 heavy (non-hydrogen) atoms. The molecule has 0 spiro atoms. The van der Waals surface area contributed by atoms with Crippen LogP contribution in [0.2, 0.25) is 0 Å². The molecular weight excluding hydrogens is 381 g/mol. The van der Waals surface area contributed by atoms with Crippen LogP contribution in [0.15, 0.2) is 54.6 Å². The van der Waals surface area contributed by atoms with Crippen molar-refractivity contribution in [1.82, 2.24) is 10.6 Å².